The van der Waals surface area contributed by atoms with Gasteiger partial charge >= 0.3 is 0 Å². The molecule has 3 unspecified atom stereocenters. The Kier molecular flexibility index (Phi) is 5.07. The van der Waals surface area contributed by atoms with Gasteiger partial charge in [0, 0.05) is 18.0 Å². The van der Waals surface area contributed by atoms with Gasteiger partial charge in [0.05, 0.1) is 10.4 Å². The number of hydrogen-bond donors (Lipinski definition) is 1. The second kappa shape index (κ2) is 6.38. The average molecular weight is 288 g/mol. The van der Waals surface area contributed by atoms with Crippen LogP contribution in [0.2, 0.25) is 4.34 Å². The van der Waals surface area contributed by atoms with Crippen LogP contribution in [0.5, 0.6) is 0 Å². The summed E-state index contributed by atoms with van der Waals surface area (Å²) in [5, 5.41) is 10.1. The molecule has 0 aromatic carbocycles. The fourth-order valence-electron chi connectivity index (χ4n) is 2.85. The minimum absolute atomic E-state index is 0.115. The van der Waals surface area contributed by atoms with Crippen LogP contribution >= 0.6 is 22.9 Å². The van der Waals surface area contributed by atoms with Crippen LogP contribution in [0.4, 0.5) is 0 Å². The highest BCUT2D eigenvalue weighted by Crippen LogP contribution is 2.30. The molecule has 2 rings (SSSR count). The van der Waals surface area contributed by atoms with Crippen LogP contribution in [0.3, 0.4) is 0 Å². The van der Waals surface area contributed by atoms with Gasteiger partial charge < -0.3 is 10.0 Å². The Morgan fingerprint density at radius 1 is 1.44 bits per heavy atom. The number of nitrogens with zero attached hydrogens (tertiary/aromatic N) is 1. The van der Waals surface area contributed by atoms with Crippen molar-refractivity contribution in [3.63, 3.8) is 0 Å². The van der Waals surface area contributed by atoms with E-state index in [9.17, 15) is 5.11 Å². The fraction of sp³-hybridized carbons (Fsp3) is 0.714. The summed E-state index contributed by atoms with van der Waals surface area (Å²) >= 11 is 7.58. The number of hydrogen-bond acceptors (Lipinski definition) is 3. The molecule has 1 aliphatic rings. The quantitative estimate of drug-likeness (QED) is 0.914. The Morgan fingerprint density at radius 2 is 2.22 bits per heavy atom. The summed E-state index contributed by atoms with van der Waals surface area (Å²) < 4.78 is 0.852. The van der Waals surface area contributed by atoms with Gasteiger partial charge in [-0.15, -0.1) is 11.3 Å². The summed E-state index contributed by atoms with van der Waals surface area (Å²) in [5.74, 6) is 1.18. The van der Waals surface area contributed by atoms with Crippen LogP contribution in [0.25, 0.3) is 0 Å². The molecule has 102 valence electrons. The maximum absolute atomic E-state index is 10.1. The third-order valence-electron chi connectivity index (χ3n) is 3.81. The standard InChI is InChI=1S/C14H22ClNOS/c1-10-3-5-13(17)11(7-10)8-16(2)9-12-4-6-14(15)18-12/h4,6,10-11,13,17H,3,5,7-9H2,1-2H3. The van der Waals surface area contributed by atoms with Gasteiger partial charge in [0.25, 0.3) is 0 Å². The summed E-state index contributed by atoms with van der Waals surface area (Å²) in [5.41, 5.74) is 0. The van der Waals surface area contributed by atoms with Crippen molar-refractivity contribution in [2.24, 2.45) is 11.8 Å². The lowest BCUT2D eigenvalue weighted by molar-refractivity contribution is 0.0339. The Morgan fingerprint density at radius 3 is 2.89 bits per heavy atom. The molecule has 3 atom stereocenters. The van der Waals surface area contributed by atoms with Crippen molar-refractivity contribution in [1.29, 1.82) is 0 Å². The molecule has 1 heterocycles. The van der Waals surface area contributed by atoms with Gasteiger partial charge in [-0.25, -0.2) is 0 Å². The lowest BCUT2D eigenvalue weighted by Crippen LogP contribution is -2.36. The molecule has 1 fully saturated rings. The molecule has 0 bridgehead atoms. The summed E-state index contributed by atoms with van der Waals surface area (Å²) in [7, 11) is 2.12. The summed E-state index contributed by atoms with van der Waals surface area (Å²) in [6.45, 7) is 4.19. The van der Waals surface area contributed by atoms with Crippen molar-refractivity contribution in [3.8, 4) is 0 Å². The number of halogens is 1. The van der Waals surface area contributed by atoms with Gasteiger partial charge in [-0.05, 0) is 50.3 Å². The molecule has 4 heteroatoms. The molecule has 1 aliphatic carbocycles. The first-order valence-corrected chi connectivity index (χ1v) is 7.85. The van der Waals surface area contributed by atoms with Crippen molar-refractivity contribution in [3.05, 3.63) is 21.3 Å². The predicted octanol–water partition coefficient (Wildman–Crippen LogP) is 3.63. The van der Waals surface area contributed by atoms with Gasteiger partial charge in [-0.1, -0.05) is 18.5 Å². The zero-order valence-electron chi connectivity index (χ0n) is 11.1. The van der Waals surface area contributed by atoms with Crippen LogP contribution in [-0.2, 0) is 6.54 Å². The number of rotatable bonds is 4. The van der Waals surface area contributed by atoms with Crippen LogP contribution < -0.4 is 0 Å². The highest BCUT2D eigenvalue weighted by atomic mass is 35.5. The van der Waals surface area contributed by atoms with Crippen molar-refractivity contribution < 1.29 is 5.11 Å². The van der Waals surface area contributed by atoms with E-state index >= 15 is 0 Å². The second-order valence-corrected chi connectivity index (χ2v) is 7.45. The number of thiophene rings is 1. The molecule has 0 saturated heterocycles. The third-order valence-corrected chi connectivity index (χ3v) is 5.02. The molecule has 1 aromatic rings. The lowest BCUT2D eigenvalue weighted by atomic mass is 9.80. The van der Waals surface area contributed by atoms with Gasteiger partial charge in [-0.2, -0.15) is 0 Å². The maximum atomic E-state index is 10.1. The van der Waals surface area contributed by atoms with Crippen molar-refractivity contribution in [2.45, 2.75) is 38.8 Å². The molecule has 0 spiro atoms. The summed E-state index contributed by atoms with van der Waals surface area (Å²) in [6.07, 6.45) is 3.17. The molecular weight excluding hydrogens is 266 g/mol. The Bertz CT molecular complexity index is 382. The topological polar surface area (TPSA) is 23.5 Å². The van der Waals surface area contributed by atoms with E-state index in [-0.39, 0.29) is 6.10 Å². The molecule has 1 saturated carbocycles. The van der Waals surface area contributed by atoms with Gasteiger partial charge in [0.15, 0.2) is 0 Å². The Balaban J connectivity index is 1.84. The monoisotopic (exact) mass is 287 g/mol. The first-order chi connectivity index (χ1) is 8.54. The molecule has 1 aromatic heterocycles. The number of aliphatic hydroxyl groups is 1. The lowest BCUT2D eigenvalue weighted by Gasteiger charge is -2.34. The van der Waals surface area contributed by atoms with E-state index < -0.39 is 0 Å². The van der Waals surface area contributed by atoms with E-state index in [0.29, 0.717) is 5.92 Å². The van der Waals surface area contributed by atoms with Crippen LogP contribution in [0.15, 0.2) is 12.1 Å². The predicted molar refractivity (Wildman–Crippen MR) is 78.2 cm³/mol. The molecule has 0 radical (unpaired) electrons. The smallest absolute Gasteiger partial charge is 0.0931 e. The molecule has 0 aliphatic heterocycles. The SMILES string of the molecule is CC1CCC(O)C(CN(C)Cc2ccc(Cl)s2)C1. The zero-order valence-corrected chi connectivity index (χ0v) is 12.7. The van der Waals surface area contributed by atoms with E-state index in [0.717, 1.165) is 36.2 Å². The third kappa shape index (κ3) is 3.95. The number of aliphatic hydroxyl groups excluding tert-OH is 1. The minimum atomic E-state index is -0.115. The van der Waals surface area contributed by atoms with E-state index in [1.165, 1.54) is 11.3 Å². The van der Waals surface area contributed by atoms with E-state index in [4.69, 9.17) is 11.6 Å². The van der Waals surface area contributed by atoms with Gasteiger partial charge in [0.2, 0.25) is 0 Å². The van der Waals surface area contributed by atoms with Crippen LogP contribution in [0.1, 0.15) is 31.1 Å². The Hall–Kier alpha value is -0.0900. The van der Waals surface area contributed by atoms with Crippen LogP contribution in [-0.4, -0.2) is 29.7 Å². The Labute approximate surface area is 119 Å². The van der Waals surface area contributed by atoms with Crippen molar-refractivity contribution in [1.82, 2.24) is 4.90 Å². The fourth-order valence-corrected chi connectivity index (χ4v) is 4.01. The molecule has 18 heavy (non-hydrogen) atoms. The summed E-state index contributed by atoms with van der Waals surface area (Å²) in [4.78, 5) is 3.59. The van der Waals surface area contributed by atoms with Gasteiger partial charge in [0.1, 0.15) is 0 Å². The average Bonchev–Trinajstić information content (AvgIpc) is 2.69. The highest BCUT2D eigenvalue weighted by molar-refractivity contribution is 7.16. The van der Waals surface area contributed by atoms with E-state index in [1.54, 1.807) is 11.3 Å². The maximum Gasteiger partial charge on any atom is 0.0931 e. The van der Waals surface area contributed by atoms with Crippen molar-refractivity contribution in [2.75, 3.05) is 13.6 Å². The zero-order chi connectivity index (χ0) is 13.1. The second-order valence-electron chi connectivity index (χ2n) is 5.65. The van der Waals surface area contributed by atoms with E-state index in [1.807, 2.05) is 6.07 Å². The molecule has 0 amide bonds. The largest absolute Gasteiger partial charge is 0.393 e. The first-order valence-electron chi connectivity index (χ1n) is 6.65. The molecular formula is C14H22ClNOS. The highest BCUT2D eigenvalue weighted by Gasteiger charge is 2.27. The first kappa shape index (κ1) is 14.3. The summed E-state index contributed by atoms with van der Waals surface area (Å²) in [6, 6.07) is 4.04. The van der Waals surface area contributed by atoms with Crippen LogP contribution in [0, 0.1) is 11.8 Å². The molecule has 1 N–H and O–H groups in total. The van der Waals surface area contributed by atoms with E-state index in [2.05, 4.69) is 24.9 Å². The normalized spacial score (nSPS) is 28.8. The molecule has 2 nitrogen and oxygen atoms in total. The van der Waals surface area contributed by atoms with Gasteiger partial charge in [-0.3, -0.25) is 0 Å². The minimum Gasteiger partial charge on any atom is -0.393 e. The van der Waals surface area contributed by atoms with Crippen molar-refractivity contribution >= 4 is 22.9 Å².